The number of benzene rings is 1. The number of hydrogen-bond acceptors (Lipinski definition) is 5. The van der Waals surface area contributed by atoms with Gasteiger partial charge in [0.05, 0.1) is 11.9 Å². The number of carbonyl (C=O) groups excluding carboxylic acids is 2. The number of pyridine rings is 1. The van der Waals surface area contributed by atoms with Gasteiger partial charge in [-0.1, -0.05) is 11.6 Å². The van der Waals surface area contributed by atoms with Gasteiger partial charge in [-0.2, -0.15) is 0 Å². The van der Waals surface area contributed by atoms with Crippen molar-refractivity contribution in [1.82, 2.24) is 15.6 Å². The van der Waals surface area contributed by atoms with Crippen molar-refractivity contribution in [3.8, 4) is 0 Å². The van der Waals surface area contributed by atoms with Crippen LogP contribution in [-0.4, -0.2) is 48.9 Å². The Morgan fingerprint density at radius 3 is 2.33 bits per heavy atom. The van der Waals surface area contributed by atoms with E-state index in [1.807, 2.05) is 6.07 Å². The van der Waals surface area contributed by atoms with E-state index >= 15 is 0 Å². The second-order valence-corrected chi connectivity index (χ2v) is 8.47. The van der Waals surface area contributed by atoms with Crippen molar-refractivity contribution in [2.24, 2.45) is 5.92 Å². The summed E-state index contributed by atoms with van der Waals surface area (Å²) in [6.45, 7) is 3.47. The fourth-order valence-corrected chi connectivity index (χ4v) is 4.31. The van der Waals surface area contributed by atoms with E-state index in [-0.39, 0.29) is 23.7 Å². The zero-order valence-corrected chi connectivity index (χ0v) is 17.7. The number of amides is 1. The van der Waals surface area contributed by atoms with Gasteiger partial charge in [-0.25, -0.2) is 4.98 Å². The van der Waals surface area contributed by atoms with Gasteiger partial charge in [-0.15, -0.1) is 0 Å². The number of halogens is 1. The van der Waals surface area contributed by atoms with Crippen molar-refractivity contribution in [1.29, 1.82) is 0 Å². The number of carbonyl (C=O) groups is 2. The van der Waals surface area contributed by atoms with Crippen molar-refractivity contribution in [3.05, 3.63) is 58.9 Å². The molecule has 3 heterocycles. The topological polar surface area (TPSA) is 74.3 Å². The molecule has 0 atom stereocenters. The lowest BCUT2D eigenvalue weighted by atomic mass is 9.89. The van der Waals surface area contributed by atoms with Crippen molar-refractivity contribution < 1.29 is 9.59 Å². The molecule has 7 heteroatoms. The van der Waals surface area contributed by atoms with Gasteiger partial charge in [-0.3, -0.25) is 9.59 Å². The molecule has 0 bridgehead atoms. The molecule has 0 aliphatic carbocycles. The standard InChI is InChI=1S/C23H27ClN4O2/c24-18-3-1-16(2-4-18)22(29)17-9-13-28(14-10-17)20-5-6-21(26-15-20)23(30)27-19-7-11-25-12-8-19/h1-6,15,17,19,25H,7-14H2,(H,27,30). The molecule has 2 fully saturated rings. The molecule has 1 aromatic carbocycles. The lowest BCUT2D eigenvalue weighted by Crippen LogP contribution is -2.43. The minimum Gasteiger partial charge on any atom is -0.370 e. The Morgan fingerprint density at radius 1 is 1.00 bits per heavy atom. The fourth-order valence-electron chi connectivity index (χ4n) is 4.18. The third-order valence-electron chi connectivity index (χ3n) is 6.01. The highest BCUT2D eigenvalue weighted by molar-refractivity contribution is 6.30. The van der Waals surface area contributed by atoms with Gasteiger partial charge in [0.25, 0.3) is 5.91 Å². The van der Waals surface area contributed by atoms with E-state index in [0.29, 0.717) is 10.7 Å². The van der Waals surface area contributed by atoms with E-state index in [4.69, 9.17) is 11.6 Å². The second-order valence-electron chi connectivity index (χ2n) is 8.03. The summed E-state index contributed by atoms with van der Waals surface area (Å²) < 4.78 is 0. The van der Waals surface area contributed by atoms with E-state index in [9.17, 15) is 9.59 Å². The summed E-state index contributed by atoms with van der Waals surface area (Å²) in [6.07, 6.45) is 5.28. The van der Waals surface area contributed by atoms with Crippen LogP contribution in [0.5, 0.6) is 0 Å². The third kappa shape index (κ3) is 4.99. The quantitative estimate of drug-likeness (QED) is 0.717. The summed E-state index contributed by atoms with van der Waals surface area (Å²) >= 11 is 5.92. The van der Waals surface area contributed by atoms with E-state index in [2.05, 4.69) is 20.5 Å². The van der Waals surface area contributed by atoms with Crippen LogP contribution < -0.4 is 15.5 Å². The van der Waals surface area contributed by atoms with Crippen molar-refractivity contribution in [3.63, 3.8) is 0 Å². The molecule has 1 aromatic heterocycles. The Morgan fingerprint density at radius 2 is 1.70 bits per heavy atom. The van der Waals surface area contributed by atoms with Crippen LogP contribution in [0.1, 0.15) is 46.5 Å². The normalized spacial score (nSPS) is 18.2. The van der Waals surface area contributed by atoms with Crippen LogP contribution in [0.3, 0.4) is 0 Å². The first kappa shape index (κ1) is 20.8. The molecule has 2 aliphatic rings. The summed E-state index contributed by atoms with van der Waals surface area (Å²) in [7, 11) is 0. The van der Waals surface area contributed by atoms with Gasteiger partial charge >= 0.3 is 0 Å². The predicted octanol–water partition coefficient (Wildman–Crippen LogP) is 3.32. The molecule has 0 unspecified atom stereocenters. The Balaban J connectivity index is 1.30. The van der Waals surface area contributed by atoms with Gasteiger partial charge in [-0.05, 0) is 75.2 Å². The summed E-state index contributed by atoms with van der Waals surface area (Å²) in [6, 6.07) is 11.1. The average molecular weight is 427 g/mol. The highest BCUT2D eigenvalue weighted by Crippen LogP contribution is 2.26. The molecule has 2 aliphatic heterocycles. The van der Waals surface area contributed by atoms with Gasteiger partial charge < -0.3 is 15.5 Å². The molecular formula is C23H27ClN4O2. The van der Waals surface area contributed by atoms with Gasteiger partial charge in [0.1, 0.15) is 5.69 Å². The summed E-state index contributed by atoms with van der Waals surface area (Å²) in [5, 5.41) is 7.01. The Labute approximate surface area is 182 Å². The summed E-state index contributed by atoms with van der Waals surface area (Å²) in [5.74, 6) is 0.112. The van der Waals surface area contributed by atoms with Crippen molar-refractivity contribution in [2.75, 3.05) is 31.1 Å². The average Bonchev–Trinajstić information content (AvgIpc) is 2.80. The van der Waals surface area contributed by atoms with Crippen LogP contribution in [0.2, 0.25) is 5.02 Å². The fraction of sp³-hybridized carbons (Fsp3) is 0.435. The number of anilines is 1. The molecule has 4 rings (SSSR count). The molecule has 0 saturated carbocycles. The summed E-state index contributed by atoms with van der Waals surface area (Å²) in [5.41, 5.74) is 2.17. The first-order valence-corrected chi connectivity index (χ1v) is 11.0. The van der Waals surface area contributed by atoms with Crippen LogP contribution in [-0.2, 0) is 0 Å². The van der Waals surface area contributed by atoms with Crippen LogP contribution in [0.15, 0.2) is 42.6 Å². The zero-order chi connectivity index (χ0) is 20.9. The number of aromatic nitrogens is 1. The predicted molar refractivity (Wildman–Crippen MR) is 118 cm³/mol. The molecule has 2 N–H and O–H groups in total. The number of nitrogens with zero attached hydrogens (tertiary/aromatic N) is 2. The monoisotopic (exact) mass is 426 g/mol. The number of rotatable bonds is 5. The first-order chi connectivity index (χ1) is 14.6. The molecule has 1 amide bonds. The number of nitrogens with one attached hydrogen (secondary N) is 2. The summed E-state index contributed by atoms with van der Waals surface area (Å²) in [4.78, 5) is 31.7. The number of ketones is 1. The minimum atomic E-state index is -0.110. The van der Waals surface area contributed by atoms with E-state index in [1.54, 1.807) is 36.5 Å². The lowest BCUT2D eigenvalue weighted by molar-refractivity contribution is 0.0897. The maximum Gasteiger partial charge on any atom is 0.270 e. The smallest absolute Gasteiger partial charge is 0.270 e. The zero-order valence-electron chi connectivity index (χ0n) is 16.9. The van der Waals surface area contributed by atoms with Crippen LogP contribution >= 0.6 is 11.6 Å². The molecular weight excluding hydrogens is 400 g/mol. The SMILES string of the molecule is O=C(NC1CCNCC1)c1ccc(N2CCC(C(=O)c3ccc(Cl)cc3)CC2)cn1. The Hall–Kier alpha value is -2.44. The largest absolute Gasteiger partial charge is 0.370 e. The van der Waals surface area contributed by atoms with Crippen molar-refractivity contribution in [2.45, 2.75) is 31.7 Å². The first-order valence-electron chi connectivity index (χ1n) is 10.6. The van der Waals surface area contributed by atoms with E-state index < -0.39 is 0 Å². The minimum absolute atomic E-state index is 0.0328. The molecule has 0 radical (unpaired) electrons. The maximum atomic E-state index is 12.7. The van der Waals surface area contributed by atoms with E-state index in [0.717, 1.165) is 63.1 Å². The van der Waals surface area contributed by atoms with Gasteiger partial charge in [0, 0.05) is 35.6 Å². The molecule has 30 heavy (non-hydrogen) atoms. The second kappa shape index (κ2) is 9.58. The third-order valence-corrected chi connectivity index (χ3v) is 6.27. The Kier molecular flexibility index (Phi) is 6.65. The Bertz CT molecular complexity index is 871. The lowest BCUT2D eigenvalue weighted by Gasteiger charge is -2.32. The molecule has 0 spiro atoms. The van der Waals surface area contributed by atoms with Crippen LogP contribution in [0, 0.1) is 5.92 Å². The molecule has 6 nitrogen and oxygen atoms in total. The van der Waals surface area contributed by atoms with Crippen molar-refractivity contribution >= 4 is 29.0 Å². The number of Topliss-reactive ketones (excluding diaryl/α,β-unsaturated/α-hetero) is 1. The van der Waals surface area contributed by atoms with Crippen LogP contribution in [0.25, 0.3) is 0 Å². The van der Waals surface area contributed by atoms with E-state index in [1.165, 1.54) is 0 Å². The van der Waals surface area contributed by atoms with Gasteiger partial charge in [0.2, 0.25) is 0 Å². The van der Waals surface area contributed by atoms with Gasteiger partial charge in [0.15, 0.2) is 5.78 Å². The molecule has 158 valence electrons. The number of hydrogen-bond donors (Lipinski definition) is 2. The maximum absolute atomic E-state index is 12.7. The molecule has 2 aromatic rings. The van der Waals surface area contributed by atoms with Crippen LogP contribution in [0.4, 0.5) is 5.69 Å². The highest BCUT2D eigenvalue weighted by atomic mass is 35.5. The highest BCUT2D eigenvalue weighted by Gasteiger charge is 2.26. The molecule has 2 saturated heterocycles. The number of piperidine rings is 2.